The molecule has 0 aliphatic heterocycles. The van der Waals surface area contributed by atoms with Crippen LogP contribution in [-0.4, -0.2) is 34.1 Å². The van der Waals surface area contributed by atoms with Gasteiger partial charge in [0.15, 0.2) is 5.13 Å². The standard InChI is InChI=1S/C23H24N4O2S.ClH/c1-16-5-10-20-21(17(16)2)25-23(30-20)27(13-4-12-26-14-11-24-15-26)22(28)18-6-8-19(29-3)9-7-18;/h5-11,14-15H,4,12-13H2,1-3H3;1H. The Kier molecular flexibility index (Phi) is 7.30. The molecule has 4 aromatic rings. The number of hydrogen-bond donors (Lipinski definition) is 0. The molecule has 0 aliphatic carbocycles. The summed E-state index contributed by atoms with van der Waals surface area (Å²) in [5, 5.41) is 0.727. The first-order chi connectivity index (χ1) is 14.6. The van der Waals surface area contributed by atoms with Crippen molar-refractivity contribution in [2.24, 2.45) is 0 Å². The molecule has 162 valence electrons. The van der Waals surface area contributed by atoms with E-state index in [9.17, 15) is 4.79 Å². The van der Waals surface area contributed by atoms with E-state index in [1.807, 2.05) is 22.9 Å². The van der Waals surface area contributed by atoms with Crippen LogP contribution in [0.4, 0.5) is 5.13 Å². The number of benzene rings is 2. The molecule has 4 rings (SSSR count). The molecule has 0 bridgehead atoms. The second kappa shape index (κ2) is 9.94. The number of imidazole rings is 1. The van der Waals surface area contributed by atoms with Crippen LogP contribution in [0.25, 0.3) is 10.2 Å². The number of nitrogens with zero attached hydrogens (tertiary/aromatic N) is 4. The van der Waals surface area contributed by atoms with Gasteiger partial charge in [-0.1, -0.05) is 17.4 Å². The second-order valence-corrected chi connectivity index (χ2v) is 8.20. The summed E-state index contributed by atoms with van der Waals surface area (Å²) in [6, 6.07) is 11.4. The predicted octanol–water partition coefficient (Wildman–Crippen LogP) is 5.28. The number of rotatable bonds is 7. The van der Waals surface area contributed by atoms with Gasteiger partial charge in [-0.2, -0.15) is 0 Å². The number of methoxy groups -OCH3 is 1. The van der Waals surface area contributed by atoms with Crippen molar-refractivity contribution >= 4 is 45.0 Å². The molecule has 1 amide bonds. The largest absolute Gasteiger partial charge is 0.497 e. The summed E-state index contributed by atoms with van der Waals surface area (Å²) in [6.45, 7) is 5.52. The van der Waals surface area contributed by atoms with E-state index in [1.54, 1.807) is 48.0 Å². The molecule has 2 aromatic heterocycles. The molecule has 0 unspecified atom stereocenters. The zero-order valence-electron chi connectivity index (χ0n) is 17.7. The normalized spacial score (nSPS) is 10.7. The van der Waals surface area contributed by atoms with Crippen molar-refractivity contribution < 1.29 is 9.53 Å². The summed E-state index contributed by atoms with van der Waals surface area (Å²) in [7, 11) is 1.62. The van der Waals surface area contributed by atoms with Crippen molar-refractivity contribution in [3.8, 4) is 5.75 Å². The fourth-order valence-corrected chi connectivity index (χ4v) is 4.38. The lowest BCUT2D eigenvalue weighted by Crippen LogP contribution is -2.32. The molecule has 0 spiro atoms. The van der Waals surface area contributed by atoms with Crippen LogP contribution in [-0.2, 0) is 6.54 Å². The van der Waals surface area contributed by atoms with Gasteiger partial charge >= 0.3 is 0 Å². The number of hydrogen-bond acceptors (Lipinski definition) is 5. The Morgan fingerprint density at radius 3 is 2.61 bits per heavy atom. The molecule has 2 heterocycles. The molecule has 0 saturated heterocycles. The lowest BCUT2D eigenvalue weighted by Gasteiger charge is -2.20. The summed E-state index contributed by atoms with van der Waals surface area (Å²) in [6.07, 6.45) is 6.28. The average molecular weight is 457 g/mol. The number of carbonyl (C=O) groups is 1. The first-order valence-corrected chi connectivity index (χ1v) is 10.7. The van der Waals surface area contributed by atoms with E-state index in [0.717, 1.165) is 39.6 Å². The number of carbonyl (C=O) groups excluding carboxylic acids is 1. The first-order valence-electron chi connectivity index (χ1n) is 9.85. The van der Waals surface area contributed by atoms with Crippen LogP contribution in [0, 0.1) is 13.8 Å². The van der Waals surface area contributed by atoms with Gasteiger partial charge in [0.05, 0.1) is 23.7 Å². The van der Waals surface area contributed by atoms with Crippen LogP contribution in [0.3, 0.4) is 0 Å². The third-order valence-corrected chi connectivity index (χ3v) is 6.29. The van der Waals surface area contributed by atoms with Crippen LogP contribution in [0.1, 0.15) is 27.9 Å². The fraction of sp³-hybridized carbons (Fsp3) is 0.261. The molecule has 8 heteroatoms. The summed E-state index contributed by atoms with van der Waals surface area (Å²) >= 11 is 1.56. The molecular weight excluding hydrogens is 432 g/mol. The zero-order chi connectivity index (χ0) is 21.1. The minimum absolute atomic E-state index is 0. The zero-order valence-corrected chi connectivity index (χ0v) is 19.4. The number of thiazole rings is 1. The Bertz CT molecular complexity index is 1160. The number of anilines is 1. The molecule has 0 fully saturated rings. The van der Waals surface area contributed by atoms with Crippen molar-refractivity contribution in [3.05, 3.63) is 71.8 Å². The Labute approximate surface area is 191 Å². The van der Waals surface area contributed by atoms with Crippen LogP contribution >= 0.6 is 23.7 Å². The third-order valence-electron chi connectivity index (χ3n) is 5.24. The number of fused-ring (bicyclic) bond motifs is 1. The van der Waals surface area contributed by atoms with E-state index in [2.05, 4.69) is 31.0 Å². The van der Waals surface area contributed by atoms with Crippen molar-refractivity contribution in [1.82, 2.24) is 14.5 Å². The summed E-state index contributed by atoms with van der Waals surface area (Å²) in [4.78, 5) is 24.1. The van der Waals surface area contributed by atoms with Gasteiger partial charge in [0.2, 0.25) is 0 Å². The van der Waals surface area contributed by atoms with Crippen LogP contribution in [0.15, 0.2) is 55.1 Å². The van der Waals surface area contributed by atoms with E-state index in [1.165, 1.54) is 5.56 Å². The van der Waals surface area contributed by atoms with Gasteiger partial charge in [0.25, 0.3) is 5.91 Å². The fourth-order valence-electron chi connectivity index (χ4n) is 3.33. The number of aromatic nitrogens is 3. The molecule has 0 radical (unpaired) electrons. The van der Waals surface area contributed by atoms with Gasteiger partial charge in [-0.25, -0.2) is 9.97 Å². The maximum Gasteiger partial charge on any atom is 0.260 e. The molecule has 0 atom stereocenters. The minimum atomic E-state index is -0.0586. The Morgan fingerprint density at radius 2 is 1.94 bits per heavy atom. The summed E-state index contributed by atoms with van der Waals surface area (Å²) in [5.41, 5.74) is 3.94. The topological polar surface area (TPSA) is 60.2 Å². The summed E-state index contributed by atoms with van der Waals surface area (Å²) in [5.74, 6) is 0.668. The third kappa shape index (κ3) is 4.89. The molecule has 31 heavy (non-hydrogen) atoms. The summed E-state index contributed by atoms with van der Waals surface area (Å²) < 4.78 is 8.33. The van der Waals surface area contributed by atoms with Crippen molar-refractivity contribution in [1.29, 1.82) is 0 Å². The molecular formula is C23H25ClN4O2S. The number of amides is 1. The highest BCUT2D eigenvalue weighted by atomic mass is 35.5. The van der Waals surface area contributed by atoms with Crippen molar-refractivity contribution in [3.63, 3.8) is 0 Å². The number of aryl methyl sites for hydroxylation is 3. The van der Waals surface area contributed by atoms with E-state index in [-0.39, 0.29) is 18.3 Å². The van der Waals surface area contributed by atoms with Gasteiger partial charge in [-0.05, 0) is 61.7 Å². The monoisotopic (exact) mass is 456 g/mol. The van der Waals surface area contributed by atoms with Crippen LogP contribution < -0.4 is 9.64 Å². The van der Waals surface area contributed by atoms with Gasteiger partial charge in [0.1, 0.15) is 5.75 Å². The Hall–Kier alpha value is -2.90. The smallest absolute Gasteiger partial charge is 0.260 e. The highest BCUT2D eigenvalue weighted by Gasteiger charge is 2.22. The Balaban J connectivity index is 0.00000272. The van der Waals surface area contributed by atoms with E-state index in [4.69, 9.17) is 9.72 Å². The van der Waals surface area contributed by atoms with E-state index >= 15 is 0 Å². The minimum Gasteiger partial charge on any atom is -0.497 e. The first kappa shape index (κ1) is 22.8. The maximum absolute atomic E-state index is 13.4. The van der Waals surface area contributed by atoms with Gasteiger partial charge in [-0.3, -0.25) is 9.69 Å². The molecule has 0 aliphatic rings. The van der Waals surface area contributed by atoms with E-state index in [0.29, 0.717) is 12.1 Å². The predicted molar refractivity (Wildman–Crippen MR) is 128 cm³/mol. The van der Waals surface area contributed by atoms with Gasteiger partial charge in [0, 0.05) is 31.0 Å². The molecule has 0 saturated carbocycles. The molecule has 2 aromatic carbocycles. The maximum atomic E-state index is 13.4. The van der Waals surface area contributed by atoms with Gasteiger partial charge < -0.3 is 9.30 Å². The lowest BCUT2D eigenvalue weighted by atomic mass is 10.1. The SMILES string of the molecule is COc1ccc(C(=O)N(CCCn2ccnc2)c2nc3c(C)c(C)ccc3s2)cc1.Cl. The second-order valence-electron chi connectivity index (χ2n) is 7.19. The lowest BCUT2D eigenvalue weighted by molar-refractivity contribution is 0.0986. The average Bonchev–Trinajstić information content (AvgIpc) is 3.44. The van der Waals surface area contributed by atoms with Crippen LogP contribution in [0.5, 0.6) is 5.75 Å². The highest BCUT2D eigenvalue weighted by molar-refractivity contribution is 7.22. The number of ether oxygens (including phenoxy) is 1. The quantitative estimate of drug-likeness (QED) is 0.379. The highest BCUT2D eigenvalue weighted by Crippen LogP contribution is 2.33. The van der Waals surface area contributed by atoms with Crippen LogP contribution in [0.2, 0.25) is 0 Å². The van der Waals surface area contributed by atoms with Gasteiger partial charge in [-0.15, -0.1) is 12.4 Å². The number of halogens is 1. The van der Waals surface area contributed by atoms with E-state index < -0.39 is 0 Å². The van der Waals surface area contributed by atoms with Crippen molar-refractivity contribution in [2.45, 2.75) is 26.8 Å². The molecule has 0 N–H and O–H groups in total. The Morgan fingerprint density at radius 1 is 1.16 bits per heavy atom. The van der Waals surface area contributed by atoms with Crippen molar-refractivity contribution in [2.75, 3.05) is 18.6 Å². The molecule has 6 nitrogen and oxygen atoms in total.